The maximum Gasteiger partial charge on any atom is 0.154 e. The first-order valence-electron chi connectivity index (χ1n) is 9.49. The second-order valence-electron chi connectivity index (χ2n) is 7.06. The summed E-state index contributed by atoms with van der Waals surface area (Å²) >= 11 is 8.48. The number of thioether (sulfide) groups is 1. The predicted octanol–water partition coefficient (Wildman–Crippen LogP) is 2.06. The molecule has 168 valence electrons. The van der Waals surface area contributed by atoms with Gasteiger partial charge in [-0.15, -0.1) is 16.4 Å². The number of ether oxygens (including phenoxy) is 2. The molecular weight excluding hydrogens is 476 g/mol. The lowest BCUT2D eigenvalue weighted by Gasteiger charge is -2.43. The molecule has 0 amide bonds. The Morgan fingerprint density at radius 1 is 1.47 bits per heavy atom. The first kappa shape index (κ1) is 23.1. The third-order valence-corrected chi connectivity index (χ3v) is 7.31. The van der Waals surface area contributed by atoms with E-state index in [1.54, 1.807) is 17.8 Å². The second-order valence-corrected chi connectivity index (χ2v) is 9.44. The van der Waals surface area contributed by atoms with E-state index in [2.05, 4.69) is 26.3 Å². The number of thiazole rings is 1. The molecule has 0 spiro atoms. The van der Waals surface area contributed by atoms with E-state index in [1.807, 2.05) is 13.0 Å². The number of aliphatic hydroxyl groups excluding tert-OH is 2. The minimum atomic E-state index is -1.12. The van der Waals surface area contributed by atoms with E-state index in [1.165, 1.54) is 34.9 Å². The monoisotopic (exact) mass is 494 g/mol. The predicted molar refractivity (Wildman–Crippen MR) is 117 cm³/mol. The zero-order chi connectivity index (χ0) is 22.8. The van der Waals surface area contributed by atoms with Crippen molar-refractivity contribution in [2.24, 2.45) is 0 Å². The Hall–Kier alpha value is -2.11. The van der Waals surface area contributed by atoms with Crippen LogP contribution in [0, 0.1) is 18.3 Å². The molecule has 1 aliphatic heterocycles. The number of aliphatic hydroxyl groups is 2. The summed E-state index contributed by atoms with van der Waals surface area (Å²) in [5.74, 6) is 0. The van der Waals surface area contributed by atoms with Crippen LogP contribution in [0.15, 0.2) is 28.7 Å². The van der Waals surface area contributed by atoms with Crippen LogP contribution in [0.5, 0.6) is 0 Å². The molecule has 4 heterocycles. The maximum absolute atomic E-state index is 10.9. The van der Waals surface area contributed by atoms with Crippen LogP contribution in [0.1, 0.15) is 17.3 Å². The number of hydrogen-bond donors (Lipinski definition) is 2. The Morgan fingerprint density at radius 2 is 2.28 bits per heavy atom. The Labute approximate surface area is 196 Å². The van der Waals surface area contributed by atoms with E-state index in [9.17, 15) is 15.5 Å². The van der Waals surface area contributed by atoms with E-state index >= 15 is 0 Å². The molecule has 10 nitrogen and oxygen atoms in total. The summed E-state index contributed by atoms with van der Waals surface area (Å²) in [6, 6.07) is 3.19. The lowest BCUT2D eigenvalue weighted by atomic mass is 9.97. The van der Waals surface area contributed by atoms with Gasteiger partial charge in [0.1, 0.15) is 51.7 Å². The molecule has 0 radical (unpaired) electrons. The third kappa shape index (κ3) is 4.51. The van der Waals surface area contributed by atoms with Crippen molar-refractivity contribution in [2.45, 2.75) is 41.6 Å². The van der Waals surface area contributed by atoms with Crippen molar-refractivity contribution in [1.29, 1.82) is 5.26 Å². The standard InChI is InChI=1S/C19H19ClN6O4S2/c1-9-3-13(10(4-21)22-5-9)32-19-17(29-2)15(16(28)12(7-27)30-19)26-6-11(24-25-26)18-23-14(20)8-31-18/h3,5-6,8,12,15-17,19,27-28H,7H2,1-2H3. The Balaban J connectivity index is 1.68. The molecule has 5 atom stereocenters. The van der Waals surface area contributed by atoms with E-state index in [0.717, 1.165) is 5.56 Å². The lowest BCUT2D eigenvalue weighted by molar-refractivity contribution is -0.186. The van der Waals surface area contributed by atoms with Gasteiger partial charge < -0.3 is 19.7 Å². The number of nitriles is 1. The molecule has 0 aliphatic carbocycles. The molecule has 1 saturated heterocycles. The fourth-order valence-corrected chi connectivity index (χ4v) is 5.66. The molecule has 4 rings (SSSR count). The Morgan fingerprint density at radius 3 is 2.94 bits per heavy atom. The fraction of sp³-hybridized carbons (Fsp3) is 0.421. The summed E-state index contributed by atoms with van der Waals surface area (Å²) in [5.41, 5.74) is 0.971. The van der Waals surface area contributed by atoms with Gasteiger partial charge in [0.05, 0.1) is 12.8 Å². The van der Waals surface area contributed by atoms with Crippen LogP contribution >= 0.6 is 34.7 Å². The normalized spacial score (nSPS) is 25.6. The van der Waals surface area contributed by atoms with Crippen LogP contribution in [-0.2, 0) is 9.47 Å². The molecule has 3 aromatic heterocycles. The highest BCUT2D eigenvalue weighted by molar-refractivity contribution is 7.99. The smallest absolute Gasteiger partial charge is 0.154 e. The summed E-state index contributed by atoms with van der Waals surface area (Å²) in [7, 11) is 1.50. The largest absolute Gasteiger partial charge is 0.394 e. The second kappa shape index (κ2) is 9.80. The van der Waals surface area contributed by atoms with Crippen molar-refractivity contribution in [2.75, 3.05) is 13.7 Å². The number of aryl methyl sites for hydroxylation is 1. The summed E-state index contributed by atoms with van der Waals surface area (Å²) in [4.78, 5) is 8.97. The average Bonchev–Trinajstić information content (AvgIpc) is 3.43. The van der Waals surface area contributed by atoms with Crippen molar-refractivity contribution in [1.82, 2.24) is 25.0 Å². The zero-order valence-corrected chi connectivity index (χ0v) is 19.4. The van der Waals surface area contributed by atoms with Gasteiger partial charge in [-0.3, -0.25) is 0 Å². The van der Waals surface area contributed by atoms with Gasteiger partial charge in [0.2, 0.25) is 0 Å². The van der Waals surface area contributed by atoms with Gasteiger partial charge in [0, 0.05) is 23.6 Å². The first-order chi connectivity index (χ1) is 15.4. The van der Waals surface area contributed by atoms with E-state index in [-0.39, 0.29) is 5.69 Å². The SMILES string of the molecule is COC1C(Sc2cc(C)cnc2C#N)OC(CO)C(O)C1n1cc(-c2nc(Cl)cs2)nn1. The van der Waals surface area contributed by atoms with Crippen LogP contribution < -0.4 is 0 Å². The lowest BCUT2D eigenvalue weighted by Crippen LogP contribution is -2.55. The molecule has 0 aromatic carbocycles. The Kier molecular flexibility index (Phi) is 7.06. The highest BCUT2D eigenvalue weighted by Gasteiger charge is 2.47. The van der Waals surface area contributed by atoms with Crippen LogP contribution in [0.4, 0.5) is 0 Å². The van der Waals surface area contributed by atoms with Gasteiger partial charge in [-0.1, -0.05) is 28.6 Å². The minimum Gasteiger partial charge on any atom is -0.394 e. The molecule has 13 heteroatoms. The highest BCUT2D eigenvalue weighted by Crippen LogP contribution is 2.40. The van der Waals surface area contributed by atoms with Crippen LogP contribution in [0.3, 0.4) is 0 Å². The molecule has 32 heavy (non-hydrogen) atoms. The van der Waals surface area contributed by atoms with Crippen molar-refractivity contribution >= 4 is 34.7 Å². The molecule has 2 N–H and O–H groups in total. The van der Waals surface area contributed by atoms with Crippen molar-refractivity contribution in [3.63, 3.8) is 0 Å². The topological polar surface area (TPSA) is 139 Å². The van der Waals surface area contributed by atoms with Gasteiger partial charge in [-0.05, 0) is 18.6 Å². The fourth-order valence-electron chi connectivity index (χ4n) is 3.44. The maximum atomic E-state index is 10.9. The number of hydrogen-bond acceptors (Lipinski definition) is 11. The van der Waals surface area contributed by atoms with E-state index in [0.29, 0.717) is 20.8 Å². The number of methoxy groups -OCH3 is 1. The van der Waals surface area contributed by atoms with Crippen molar-refractivity contribution < 1.29 is 19.7 Å². The van der Waals surface area contributed by atoms with Crippen molar-refractivity contribution in [3.8, 4) is 16.8 Å². The Bertz CT molecular complexity index is 1140. The van der Waals surface area contributed by atoms with E-state index < -0.39 is 36.4 Å². The van der Waals surface area contributed by atoms with Crippen molar-refractivity contribution in [3.05, 3.63) is 40.3 Å². The van der Waals surface area contributed by atoms with E-state index in [4.69, 9.17) is 21.1 Å². The molecule has 1 fully saturated rings. The van der Waals surface area contributed by atoms with Gasteiger partial charge >= 0.3 is 0 Å². The average molecular weight is 495 g/mol. The van der Waals surface area contributed by atoms with Gasteiger partial charge in [-0.25, -0.2) is 14.6 Å². The summed E-state index contributed by atoms with van der Waals surface area (Å²) in [6.45, 7) is 1.46. The van der Waals surface area contributed by atoms with Gasteiger partial charge in [-0.2, -0.15) is 5.26 Å². The van der Waals surface area contributed by atoms with Crippen LogP contribution in [0.25, 0.3) is 10.7 Å². The number of halogens is 1. The highest BCUT2D eigenvalue weighted by atomic mass is 35.5. The minimum absolute atomic E-state index is 0.256. The molecule has 3 aromatic rings. The third-order valence-electron chi connectivity index (χ3n) is 4.95. The molecule has 0 saturated carbocycles. The summed E-state index contributed by atoms with van der Waals surface area (Å²) in [6.07, 6.45) is 0.560. The van der Waals surface area contributed by atoms with Crippen LogP contribution in [-0.4, -0.2) is 72.6 Å². The number of pyridine rings is 1. The molecule has 1 aliphatic rings. The number of aromatic nitrogens is 5. The zero-order valence-electron chi connectivity index (χ0n) is 17.0. The molecule has 0 bridgehead atoms. The molecular formula is C19H19ClN6O4S2. The molecule has 5 unspecified atom stereocenters. The van der Waals surface area contributed by atoms with Gasteiger partial charge in [0.15, 0.2) is 5.69 Å². The quantitative estimate of drug-likeness (QED) is 0.523. The summed E-state index contributed by atoms with van der Waals surface area (Å²) < 4.78 is 13.2. The summed E-state index contributed by atoms with van der Waals surface area (Å²) in [5, 5.41) is 41.2. The number of nitrogens with zero attached hydrogens (tertiary/aromatic N) is 6. The first-order valence-corrected chi connectivity index (χ1v) is 11.6. The van der Waals surface area contributed by atoms with Crippen LogP contribution in [0.2, 0.25) is 5.15 Å². The number of rotatable bonds is 6. The van der Waals surface area contributed by atoms with Gasteiger partial charge in [0.25, 0.3) is 0 Å².